The van der Waals surface area contributed by atoms with Gasteiger partial charge in [0.2, 0.25) is 5.89 Å². The normalized spacial score (nSPS) is 10.6. The Hall–Kier alpha value is -2.62. The van der Waals surface area contributed by atoms with Crippen LogP contribution in [-0.4, -0.2) is 16.8 Å². The van der Waals surface area contributed by atoms with Gasteiger partial charge in [-0.15, -0.1) is 10.2 Å². The number of ether oxygens (including phenoxy) is 1. The molecule has 0 unspecified atom stereocenters. The minimum Gasteiger partial charge on any atom is -0.493 e. The van der Waals surface area contributed by atoms with Crippen LogP contribution in [0.5, 0.6) is 5.75 Å². The highest BCUT2D eigenvalue weighted by Crippen LogP contribution is 2.30. The van der Waals surface area contributed by atoms with Crippen molar-refractivity contribution in [2.24, 2.45) is 0 Å². The highest BCUT2D eigenvalue weighted by molar-refractivity contribution is 5.64. The summed E-state index contributed by atoms with van der Waals surface area (Å²) in [4.78, 5) is 0. The second-order valence-corrected chi connectivity index (χ2v) is 4.71. The Balaban J connectivity index is 1.99. The monoisotopic (exact) mass is 280 g/mol. The SMILES string of the molecule is CCOc1ccccc1-c1nnc(-c2cccc(C)c2)o1. The standard InChI is InChI=1S/C17H16N2O2/c1-3-20-15-10-5-4-9-14(15)17-19-18-16(21-17)13-8-6-7-12(2)11-13/h4-11H,3H2,1-2H3. The number of nitrogens with zero attached hydrogens (tertiary/aromatic N) is 2. The number of hydrogen-bond acceptors (Lipinski definition) is 4. The number of aromatic nitrogens is 2. The fourth-order valence-electron chi connectivity index (χ4n) is 2.15. The van der Waals surface area contributed by atoms with Crippen LogP contribution in [0.4, 0.5) is 0 Å². The molecule has 0 N–H and O–H groups in total. The Kier molecular flexibility index (Phi) is 3.69. The minimum atomic E-state index is 0.468. The molecular weight excluding hydrogens is 264 g/mol. The predicted octanol–water partition coefficient (Wildman–Crippen LogP) is 4.11. The van der Waals surface area contributed by atoms with Crippen LogP contribution < -0.4 is 4.74 Å². The summed E-state index contributed by atoms with van der Waals surface area (Å²) in [6.45, 7) is 4.57. The van der Waals surface area contributed by atoms with Crippen LogP contribution in [0.1, 0.15) is 12.5 Å². The molecule has 0 aliphatic heterocycles. The Bertz CT molecular complexity index is 750. The van der Waals surface area contributed by atoms with Crippen molar-refractivity contribution >= 4 is 0 Å². The van der Waals surface area contributed by atoms with Crippen molar-refractivity contribution < 1.29 is 9.15 Å². The summed E-state index contributed by atoms with van der Waals surface area (Å²) in [7, 11) is 0. The molecule has 4 nitrogen and oxygen atoms in total. The zero-order chi connectivity index (χ0) is 14.7. The van der Waals surface area contributed by atoms with Crippen LogP contribution in [0.15, 0.2) is 52.9 Å². The first-order valence-electron chi connectivity index (χ1n) is 6.90. The summed E-state index contributed by atoms with van der Waals surface area (Å²) in [5.41, 5.74) is 2.88. The smallest absolute Gasteiger partial charge is 0.251 e. The van der Waals surface area contributed by atoms with Crippen molar-refractivity contribution in [2.75, 3.05) is 6.61 Å². The summed E-state index contributed by atoms with van der Waals surface area (Å²) in [5.74, 6) is 1.73. The third-order valence-electron chi connectivity index (χ3n) is 3.11. The molecule has 0 radical (unpaired) electrons. The second-order valence-electron chi connectivity index (χ2n) is 4.71. The van der Waals surface area contributed by atoms with Crippen molar-refractivity contribution in [3.63, 3.8) is 0 Å². The van der Waals surface area contributed by atoms with Crippen molar-refractivity contribution in [1.82, 2.24) is 10.2 Å². The summed E-state index contributed by atoms with van der Waals surface area (Å²) in [5, 5.41) is 8.27. The van der Waals surface area contributed by atoms with E-state index in [-0.39, 0.29) is 0 Å². The maximum absolute atomic E-state index is 5.80. The molecule has 0 aliphatic rings. The van der Waals surface area contributed by atoms with Gasteiger partial charge in [0.25, 0.3) is 5.89 Å². The van der Waals surface area contributed by atoms with Crippen LogP contribution in [0.2, 0.25) is 0 Å². The number of benzene rings is 2. The highest BCUT2D eigenvalue weighted by atomic mass is 16.5. The molecule has 3 aromatic rings. The van der Waals surface area contributed by atoms with E-state index in [0.29, 0.717) is 18.4 Å². The van der Waals surface area contributed by atoms with Crippen LogP contribution in [0.3, 0.4) is 0 Å². The van der Waals surface area contributed by atoms with E-state index in [1.54, 1.807) is 0 Å². The van der Waals surface area contributed by atoms with E-state index >= 15 is 0 Å². The Labute approximate surface area is 123 Å². The number of hydrogen-bond donors (Lipinski definition) is 0. The molecule has 0 amide bonds. The maximum atomic E-state index is 5.80. The van der Waals surface area contributed by atoms with Gasteiger partial charge in [0, 0.05) is 5.56 Å². The largest absolute Gasteiger partial charge is 0.493 e. The molecule has 1 aromatic heterocycles. The van der Waals surface area contributed by atoms with Gasteiger partial charge >= 0.3 is 0 Å². The molecule has 4 heteroatoms. The topological polar surface area (TPSA) is 48.2 Å². The van der Waals surface area contributed by atoms with Crippen LogP contribution in [0, 0.1) is 6.92 Å². The minimum absolute atomic E-state index is 0.468. The molecular formula is C17H16N2O2. The average Bonchev–Trinajstić information content (AvgIpc) is 2.98. The molecule has 0 bridgehead atoms. The summed E-state index contributed by atoms with van der Waals surface area (Å²) in [6.07, 6.45) is 0. The lowest BCUT2D eigenvalue weighted by Gasteiger charge is -2.06. The fourth-order valence-corrected chi connectivity index (χ4v) is 2.15. The van der Waals surface area contributed by atoms with Crippen molar-refractivity contribution in [3.8, 4) is 28.7 Å². The van der Waals surface area contributed by atoms with E-state index in [0.717, 1.165) is 22.4 Å². The Morgan fingerprint density at radius 3 is 2.62 bits per heavy atom. The van der Waals surface area contributed by atoms with Gasteiger partial charge < -0.3 is 9.15 Å². The van der Waals surface area contributed by atoms with Crippen molar-refractivity contribution in [2.45, 2.75) is 13.8 Å². The van der Waals surface area contributed by atoms with Crippen molar-refractivity contribution in [1.29, 1.82) is 0 Å². The van der Waals surface area contributed by atoms with Gasteiger partial charge in [-0.1, -0.05) is 29.8 Å². The van der Waals surface area contributed by atoms with E-state index in [1.807, 2.05) is 62.4 Å². The van der Waals surface area contributed by atoms with Crippen LogP contribution in [-0.2, 0) is 0 Å². The zero-order valence-corrected chi connectivity index (χ0v) is 12.0. The predicted molar refractivity (Wildman–Crippen MR) is 81.1 cm³/mol. The van der Waals surface area contributed by atoms with E-state index < -0.39 is 0 Å². The van der Waals surface area contributed by atoms with E-state index in [1.165, 1.54) is 0 Å². The molecule has 0 atom stereocenters. The van der Waals surface area contributed by atoms with E-state index in [9.17, 15) is 0 Å². The maximum Gasteiger partial charge on any atom is 0.251 e. The molecule has 0 spiro atoms. The van der Waals surface area contributed by atoms with Gasteiger partial charge in [-0.3, -0.25) is 0 Å². The summed E-state index contributed by atoms with van der Waals surface area (Å²) in [6, 6.07) is 15.6. The zero-order valence-electron chi connectivity index (χ0n) is 12.0. The molecule has 0 saturated heterocycles. The third-order valence-corrected chi connectivity index (χ3v) is 3.11. The van der Waals surface area contributed by atoms with E-state index in [4.69, 9.17) is 9.15 Å². The molecule has 3 rings (SSSR count). The highest BCUT2D eigenvalue weighted by Gasteiger charge is 2.14. The first-order chi connectivity index (χ1) is 10.3. The third kappa shape index (κ3) is 2.79. The lowest BCUT2D eigenvalue weighted by Crippen LogP contribution is -1.93. The van der Waals surface area contributed by atoms with Gasteiger partial charge in [-0.05, 0) is 38.1 Å². The summed E-state index contributed by atoms with van der Waals surface area (Å²) < 4.78 is 11.4. The second kappa shape index (κ2) is 5.79. The quantitative estimate of drug-likeness (QED) is 0.721. The van der Waals surface area contributed by atoms with Gasteiger partial charge in [0.1, 0.15) is 5.75 Å². The number of aryl methyl sites for hydroxylation is 1. The van der Waals surface area contributed by atoms with Gasteiger partial charge in [0.15, 0.2) is 0 Å². The lowest BCUT2D eigenvalue weighted by molar-refractivity contribution is 0.340. The fraction of sp³-hybridized carbons (Fsp3) is 0.176. The van der Waals surface area contributed by atoms with Gasteiger partial charge in [-0.25, -0.2) is 0 Å². The van der Waals surface area contributed by atoms with Gasteiger partial charge in [0.05, 0.1) is 12.2 Å². The average molecular weight is 280 g/mol. The molecule has 0 aliphatic carbocycles. The molecule has 0 saturated carbocycles. The lowest BCUT2D eigenvalue weighted by atomic mass is 10.1. The Morgan fingerprint density at radius 1 is 1.00 bits per heavy atom. The first kappa shape index (κ1) is 13.4. The Morgan fingerprint density at radius 2 is 1.81 bits per heavy atom. The van der Waals surface area contributed by atoms with Gasteiger partial charge in [-0.2, -0.15) is 0 Å². The van der Waals surface area contributed by atoms with E-state index in [2.05, 4.69) is 10.2 Å². The van der Waals surface area contributed by atoms with Crippen LogP contribution >= 0.6 is 0 Å². The molecule has 1 heterocycles. The molecule has 0 fully saturated rings. The molecule has 21 heavy (non-hydrogen) atoms. The number of para-hydroxylation sites is 1. The molecule has 106 valence electrons. The van der Waals surface area contributed by atoms with Crippen LogP contribution in [0.25, 0.3) is 22.9 Å². The van der Waals surface area contributed by atoms with Crippen molar-refractivity contribution in [3.05, 3.63) is 54.1 Å². The summed E-state index contributed by atoms with van der Waals surface area (Å²) >= 11 is 0. The number of rotatable bonds is 4. The first-order valence-corrected chi connectivity index (χ1v) is 6.90. The molecule has 2 aromatic carbocycles.